The van der Waals surface area contributed by atoms with E-state index in [-0.39, 0.29) is 23.7 Å². The molecule has 2 aliphatic rings. The monoisotopic (exact) mass is 253 g/mol. The second kappa shape index (κ2) is 6.18. The molecule has 2 aliphatic carbocycles. The molecule has 0 aromatic rings. The van der Waals surface area contributed by atoms with Crippen LogP contribution in [0, 0.1) is 17.8 Å². The lowest BCUT2D eigenvalue weighted by Crippen LogP contribution is -2.39. The maximum atomic E-state index is 11.9. The fraction of sp³-hybridized carbons (Fsp3) is 0.846. The van der Waals surface area contributed by atoms with Crippen LogP contribution in [0.2, 0.25) is 0 Å². The molecule has 2 saturated carbocycles. The van der Waals surface area contributed by atoms with E-state index in [0.717, 1.165) is 32.1 Å². The Morgan fingerprint density at radius 2 is 1.67 bits per heavy atom. The average Bonchev–Trinajstić information content (AvgIpc) is 3.11. The number of amides is 2. The van der Waals surface area contributed by atoms with Crippen LogP contribution < -0.4 is 16.4 Å². The van der Waals surface area contributed by atoms with Gasteiger partial charge in [-0.1, -0.05) is 6.42 Å². The highest BCUT2D eigenvalue weighted by atomic mass is 16.2. The number of carbonyl (C=O) groups excluding carboxylic acids is 2. The minimum atomic E-state index is 0.0779. The Hall–Kier alpha value is -1.10. The molecule has 0 radical (unpaired) electrons. The molecule has 0 aliphatic heterocycles. The van der Waals surface area contributed by atoms with Crippen molar-refractivity contribution in [2.24, 2.45) is 23.5 Å². The number of nitrogens with two attached hydrogens (primary N) is 1. The predicted molar refractivity (Wildman–Crippen MR) is 68.6 cm³/mol. The summed E-state index contributed by atoms with van der Waals surface area (Å²) in [6.07, 6.45) is 5.13. The van der Waals surface area contributed by atoms with Crippen molar-refractivity contribution in [2.45, 2.75) is 32.1 Å². The fourth-order valence-electron chi connectivity index (χ4n) is 2.66. The zero-order chi connectivity index (χ0) is 13.0. The number of carbonyl (C=O) groups is 2. The van der Waals surface area contributed by atoms with Crippen molar-refractivity contribution in [1.82, 2.24) is 10.6 Å². The summed E-state index contributed by atoms with van der Waals surface area (Å²) in [4.78, 5) is 23.3. The van der Waals surface area contributed by atoms with Gasteiger partial charge in [0.15, 0.2) is 0 Å². The number of hydrogen-bond donors (Lipinski definition) is 3. The summed E-state index contributed by atoms with van der Waals surface area (Å²) in [6.45, 7) is 1.64. The Morgan fingerprint density at radius 1 is 1.00 bits per heavy atom. The molecule has 0 unspecified atom stereocenters. The number of nitrogens with one attached hydrogen (secondary N) is 2. The van der Waals surface area contributed by atoms with Crippen LogP contribution >= 0.6 is 0 Å². The Bertz CT molecular complexity index is 315. The van der Waals surface area contributed by atoms with Gasteiger partial charge in [0.25, 0.3) is 0 Å². The first-order valence-corrected chi connectivity index (χ1v) is 6.98. The third-order valence-electron chi connectivity index (χ3n) is 3.97. The summed E-state index contributed by atoms with van der Waals surface area (Å²) in [5, 5.41) is 5.73. The van der Waals surface area contributed by atoms with E-state index < -0.39 is 0 Å². The van der Waals surface area contributed by atoms with Crippen molar-refractivity contribution in [3.05, 3.63) is 0 Å². The maximum Gasteiger partial charge on any atom is 0.223 e. The highest BCUT2D eigenvalue weighted by Crippen LogP contribution is 2.31. The number of hydrogen-bond acceptors (Lipinski definition) is 3. The molecule has 0 bridgehead atoms. The molecule has 2 fully saturated rings. The molecule has 2 rings (SSSR count). The minimum absolute atomic E-state index is 0.0779. The van der Waals surface area contributed by atoms with Crippen LogP contribution in [0.1, 0.15) is 32.1 Å². The molecule has 0 heterocycles. The predicted octanol–water partition coefficient (Wildman–Crippen LogP) is 0.00380. The topological polar surface area (TPSA) is 84.2 Å². The zero-order valence-electron chi connectivity index (χ0n) is 10.8. The molecular weight excluding hydrogens is 230 g/mol. The van der Waals surface area contributed by atoms with E-state index >= 15 is 0 Å². The van der Waals surface area contributed by atoms with E-state index in [1.165, 1.54) is 0 Å². The van der Waals surface area contributed by atoms with E-state index in [4.69, 9.17) is 5.73 Å². The first-order valence-electron chi connectivity index (χ1n) is 6.98. The van der Waals surface area contributed by atoms with Gasteiger partial charge in [-0.05, 0) is 38.1 Å². The molecular formula is C13H23N3O2. The highest BCUT2D eigenvalue weighted by Gasteiger charge is 2.32. The van der Waals surface area contributed by atoms with E-state index in [1.54, 1.807) is 0 Å². The molecule has 0 spiro atoms. The summed E-state index contributed by atoms with van der Waals surface area (Å²) in [7, 11) is 0. The first-order chi connectivity index (χ1) is 8.72. The van der Waals surface area contributed by atoms with E-state index in [9.17, 15) is 9.59 Å². The maximum absolute atomic E-state index is 11.9. The molecule has 102 valence electrons. The first kappa shape index (κ1) is 13.3. The van der Waals surface area contributed by atoms with Crippen LogP contribution in [0.3, 0.4) is 0 Å². The molecule has 2 amide bonds. The van der Waals surface area contributed by atoms with E-state index in [2.05, 4.69) is 10.6 Å². The summed E-state index contributed by atoms with van der Waals surface area (Å²) in [6, 6.07) is 0. The molecule has 2 atom stereocenters. The SMILES string of the molecule is NC[C@H]1CCC[C@H]1C(=O)NCCNC(=O)C1CC1. The quantitative estimate of drug-likeness (QED) is 0.583. The van der Waals surface area contributed by atoms with Crippen molar-refractivity contribution in [2.75, 3.05) is 19.6 Å². The summed E-state index contributed by atoms with van der Waals surface area (Å²) in [5.41, 5.74) is 5.66. The number of rotatable bonds is 6. The third kappa shape index (κ3) is 3.45. The highest BCUT2D eigenvalue weighted by molar-refractivity contribution is 5.81. The van der Waals surface area contributed by atoms with Crippen LogP contribution in [0.15, 0.2) is 0 Å². The van der Waals surface area contributed by atoms with Gasteiger partial charge in [-0.3, -0.25) is 9.59 Å². The lowest BCUT2D eigenvalue weighted by Gasteiger charge is -2.17. The lowest BCUT2D eigenvalue weighted by molar-refractivity contribution is -0.126. The van der Waals surface area contributed by atoms with Crippen LogP contribution in [0.25, 0.3) is 0 Å². The van der Waals surface area contributed by atoms with Gasteiger partial charge < -0.3 is 16.4 Å². The summed E-state index contributed by atoms with van der Waals surface area (Å²) < 4.78 is 0. The summed E-state index contributed by atoms with van der Waals surface area (Å²) in [5.74, 6) is 0.880. The van der Waals surface area contributed by atoms with Gasteiger partial charge in [-0.25, -0.2) is 0 Å². The van der Waals surface area contributed by atoms with Crippen molar-refractivity contribution < 1.29 is 9.59 Å². The van der Waals surface area contributed by atoms with Crippen molar-refractivity contribution in [3.63, 3.8) is 0 Å². The Balaban J connectivity index is 1.60. The van der Waals surface area contributed by atoms with Gasteiger partial charge in [-0.2, -0.15) is 0 Å². The van der Waals surface area contributed by atoms with E-state index in [1.807, 2.05) is 0 Å². The Morgan fingerprint density at radius 3 is 2.28 bits per heavy atom. The van der Waals surface area contributed by atoms with Crippen LogP contribution in [0.4, 0.5) is 0 Å². The molecule has 5 heteroatoms. The largest absolute Gasteiger partial charge is 0.354 e. The molecule has 4 N–H and O–H groups in total. The van der Waals surface area contributed by atoms with Crippen LogP contribution in [-0.4, -0.2) is 31.4 Å². The van der Waals surface area contributed by atoms with Crippen molar-refractivity contribution >= 4 is 11.8 Å². The molecule has 0 saturated heterocycles. The van der Waals surface area contributed by atoms with Gasteiger partial charge >= 0.3 is 0 Å². The lowest BCUT2D eigenvalue weighted by atomic mass is 9.95. The molecule has 0 aromatic carbocycles. The average molecular weight is 253 g/mol. The third-order valence-corrected chi connectivity index (χ3v) is 3.97. The van der Waals surface area contributed by atoms with Crippen molar-refractivity contribution in [3.8, 4) is 0 Å². The minimum Gasteiger partial charge on any atom is -0.354 e. The Kier molecular flexibility index (Phi) is 4.58. The smallest absolute Gasteiger partial charge is 0.223 e. The van der Waals surface area contributed by atoms with Gasteiger partial charge in [0.2, 0.25) is 11.8 Å². The van der Waals surface area contributed by atoms with Gasteiger partial charge in [-0.15, -0.1) is 0 Å². The van der Waals surface area contributed by atoms with Crippen LogP contribution in [-0.2, 0) is 9.59 Å². The van der Waals surface area contributed by atoms with Gasteiger partial charge in [0, 0.05) is 24.9 Å². The standard InChI is InChI=1S/C13H23N3O2/c14-8-10-2-1-3-11(10)13(18)16-7-6-15-12(17)9-4-5-9/h9-11H,1-8,14H2,(H,15,17)(H,16,18)/t10-,11-/m1/s1. The van der Waals surface area contributed by atoms with E-state index in [0.29, 0.717) is 25.6 Å². The van der Waals surface area contributed by atoms with Crippen molar-refractivity contribution in [1.29, 1.82) is 0 Å². The molecule has 5 nitrogen and oxygen atoms in total. The second-order valence-corrected chi connectivity index (χ2v) is 5.39. The van der Waals surface area contributed by atoms with Gasteiger partial charge in [0.05, 0.1) is 0 Å². The zero-order valence-corrected chi connectivity index (χ0v) is 10.8. The Labute approximate surface area is 108 Å². The van der Waals surface area contributed by atoms with Crippen LogP contribution in [0.5, 0.6) is 0 Å². The molecule has 18 heavy (non-hydrogen) atoms. The second-order valence-electron chi connectivity index (χ2n) is 5.39. The normalized spacial score (nSPS) is 26.9. The van der Waals surface area contributed by atoms with Gasteiger partial charge in [0.1, 0.15) is 0 Å². The summed E-state index contributed by atoms with van der Waals surface area (Å²) >= 11 is 0. The molecule has 0 aromatic heterocycles. The fourth-order valence-corrected chi connectivity index (χ4v) is 2.66.